The fourth-order valence-corrected chi connectivity index (χ4v) is 3.60. The molecule has 0 aliphatic heterocycles. The van der Waals surface area contributed by atoms with Gasteiger partial charge in [-0.3, -0.25) is 19.2 Å². The van der Waals surface area contributed by atoms with Gasteiger partial charge in [-0.05, 0) is 42.4 Å². The SMILES string of the molecule is CC[C@H](C)[C@H](NC(=O)[C@H](Cc1ccc(O)cc1)NC(=O)[C@@H](N)C(C)C)C(=O)NCCCCCC(=O)OC. The van der Waals surface area contributed by atoms with Gasteiger partial charge in [0.05, 0.1) is 13.2 Å². The number of nitrogens with one attached hydrogen (secondary N) is 3. The number of phenolic OH excluding ortho intramolecular Hbond substituents is 1. The molecule has 0 saturated heterocycles. The van der Waals surface area contributed by atoms with E-state index in [0.29, 0.717) is 32.2 Å². The molecule has 0 aliphatic rings. The highest BCUT2D eigenvalue weighted by Gasteiger charge is 2.31. The van der Waals surface area contributed by atoms with Crippen molar-refractivity contribution in [2.45, 2.75) is 84.3 Å². The van der Waals surface area contributed by atoms with Crippen molar-refractivity contribution in [3.05, 3.63) is 29.8 Å². The quantitative estimate of drug-likeness (QED) is 0.164. The zero-order valence-electron chi connectivity index (χ0n) is 22.7. The first-order valence-corrected chi connectivity index (χ1v) is 13.0. The van der Waals surface area contributed by atoms with Crippen LogP contribution in [-0.4, -0.2) is 60.6 Å². The number of hydrogen-bond acceptors (Lipinski definition) is 7. The van der Waals surface area contributed by atoms with Crippen LogP contribution in [0.1, 0.15) is 65.4 Å². The van der Waals surface area contributed by atoms with E-state index in [1.165, 1.54) is 19.2 Å². The molecular weight excluding hydrogens is 476 g/mol. The second-order valence-corrected chi connectivity index (χ2v) is 9.75. The van der Waals surface area contributed by atoms with Gasteiger partial charge in [-0.15, -0.1) is 0 Å². The lowest BCUT2D eigenvalue weighted by atomic mass is 9.96. The monoisotopic (exact) mass is 520 g/mol. The Morgan fingerprint density at radius 1 is 0.946 bits per heavy atom. The van der Waals surface area contributed by atoms with Gasteiger partial charge >= 0.3 is 5.97 Å². The van der Waals surface area contributed by atoms with Crippen LogP contribution in [0.2, 0.25) is 0 Å². The molecular formula is C27H44N4O6. The van der Waals surface area contributed by atoms with E-state index in [0.717, 1.165) is 12.0 Å². The van der Waals surface area contributed by atoms with Crippen LogP contribution in [0, 0.1) is 11.8 Å². The first-order valence-electron chi connectivity index (χ1n) is 13.0. The van der Waals surface area contributed by atoms with Crippen LogP contribution >= 0.6 is 0 Å². The number of methoxy groups -OCH3 is 1. The lowest BCUT2D eigenvalue weighted by Crippen LogP contribution is -2.58. The molecule has 6 N–H and O–H groups in total. The summed E-state index contributed by atoms with van der Waals surface area (Å²) in [5, 5.41) is 18.0. The number of hydrogen-bond donors (Lipinski definition) is 5. The Morgan fingerprint density at radius 2 is 1.59 bits per heavy atom. The van der Waals surface area contributed by atoms with Crippen LogP contribution in [0.3, 0.4) is 0 Å². The predicted octanol–water partition coefficient (Wildman–Crippen LogP) is 1.78. The van der Waals surface area contributed by atoms with Crippen LogP contribution < -0.4 is 21.7 Å². The number of carbonyl (C=O) groups excluding carboxylic acids is 4. The molecule has 0 heterocycles. The standard InChI is InChI=1S/C27H44N4O6/c1-6-18(4)24(27(36)29-15-9-7-8-10-22(33)37-5)31-25(34)21(30-26(35)23(28)17(2)3)16-19-11-13-20(32)14-12-19/h11-14,17-18,21,23-24,32H,6-10,15-16,28H2,1-5H3,(H,29,36)(H,30,35)(H,31,34)/t18-,21-,23-,24-/m0/s1. The molecule has 4 atom stereocenters. The Morgan fingerprint density at radius 3 is 2.16 bits per heavy atom. The summed E-state index contributed by atoms with van der Waals surface area (Å²) in [5.74, 6) is -1.68. The first kappa shape index (κ1) is 31.9. The predicted molar refractivity (Wildman–Crippen MR) is 141 cm³/mol. The van der Waals surface area contributed by atoms with E-state index in [4.69, 9.17) is 5.73 Å². The summed E-state index contributed by atoms with van der Waals surface area (Å²) in [4.78, 5) is 50.2. The van der Waals surface area contributed by atoms with Gasteiger partial charge in [0.1, 0.15) is 17.8 Å². The molecule has 0 aliphatic carbocycles. The maximum atomic E-state index is 13.3. The largest absolute Gasteiger partial charge is 0.508 e. The van der Waals surface area contributed by atoms with E-state index in [-0.39, 0.29) is 35.9 Å². The lowest BCUT2D eigenvalue weighted by Gasteiger charge is -2.27. The average Bonchev–Trinajstić information content (AvgIpc) is 2.88. The number of ether oxygens (including phenoxy) is 1. The molecule has 0 spiro atoms. The van der Waals surface area contributed by atoms with Crippen molar-refractivity contribution in [1.29, 1.82) is 0 Å². The number of nitrogens with two attached hydrogens (primary N) is 1. The number of carbonyl (C=O) groups is 4. The van der Waals surface area contributed by atoms with Gasteiger partial charge in [0.15, 0.2) is 0 Å². The highest BCUT2D eigenvalue weighted by molar-refractivity contribution is 5.93. The number of amides is 3. The Labute approximate surface area is 220 Å². The van der Waals surface area contributed by atoms with Crippen molar-refractivity contribution in [1.82, 2.24) is 16.0 Å². The lowest BCUT2D eigenvalue weighted by molar-refractivity contribution is -0.140. The fraction of sp³-hybridized carbons (Fsp3) is 0.630. The topological polar surface area (TPSA) is 160 Å². The minimum atomic E-state index is -0.959. The minimum Gasteiger partial charge on any atom is -0.508 e. The molecule has 37 heavy (non-hydrogen) atoms. The van der Waals surface area contributed by atoms with Crippen LogP contribution in [0.5, 0.6) is 5.75 Å². The summed E-state index contributed by atoms with van der Waals surface area (Å²) in [5.41, 5.74) is 6.72. The van der Waals surface area contributed by atoms with E-state index in [1.807, 2.05) is 27.7 Å². The van der Waals surface area contributed by atoms with Crippen LogP contribution in [0.4, 0.5) is 0 Å². The fourth-order valence-electron chi connectivity index (χ4n) is 3.60. The van der Waals surface area contributed by atoms with E-state index in [1.54, 1.807) is 12.1 Å². The molecule has 0 radical (unpaired) electrons. The Hall–Kier alpha value is -3.14. The second kappa shape index (κ2) is 16.6. The molecule has 0 saturated carbocycles. The van der Waals surface area contributed by atoms with Gasteiger partial charge in [0.2, 0.25) is 17.7 Å². The molecule has 0 aromatic heterocycles. The van der Waals surface area contributed by atoms with Crippen LogP contribution in [-0.2, 0) is 30.3 Å². The van der Waals surface area contributed by atoms with Gasteiger partial charge in [0, 0.05) is 19.4 Å². The maximum absolute atomic E-state index is 13.3. The van der Waals surface area contributed by atoms with Gasteiger partial charge < -0.3 is 31.5 Å². The molecule has 1 aromatic rings. The zero-order valence-corrected chi connectivity index (χ0v) is 22.7. The minimum absolute atomic E-state index is 0.0921. The Kier molecular flexibility index (Phi) is 14.3. The highest BCUT2D eigenvalue weighted by Crippen LogP contribution is 2.13. The molecule has 3 amide bonds. The van der Waals surface area contributed by atoms with E-state index < -0.39 is 29.9 Å². The molecule has 1 aromatic carbocycles. The third-order valence-electron chi connectivity index (χ3n) is 6.41. The summed E-state index contributed by atoms with van der Waals surface area (Å²) >= 11 is 0. The number of esters is 1. The molecule has 0 fully saturated rings. The Balaban J connectivity index is 2.88. The molecule has 208 valence electrons. The molecule has 10 heteroatoms. The third kappa shape index (κ3) is 11.6. The first-order chi connectivity index (χ1) is 17.5. The molecule has 10 nitrogen and oxygen atoms in total. The summed E-state index contributed by atoms with van der Waals surface area (Å²) in [6.07, 6.45) is 3.28. The van der Waals surface area contributed by atoms with E-state index in [9.17, 15) is 24.3 Å². The summed E-state index contributed by atoms with van der Waals surface area (Å²) in [6.45, 7) is 7.86. The molecule has 0 unspecified atom stereocenters. The third-order valence-corrected chi connectivity index (χ3v) is 6.41. The highest BCUT2D eigenvalue weighted by atomic mass is 16.5. The van der Waals surface area contributed by atoms with Crippen LogP contribution in [0.25, 0.3) is 0 Å². The van der Waals surface area contributed by atoms with Crippen molar-refractivity contribution in [3.63, 3.8) is 0 Å². The summed E-state index contributed by atoms with van der Waals surface area (Å²) < 4.78 is 4.62. The average molecular weight is 521 g/mol. The van der Waals surface area contributed by atoms with Gasteiger partial charge in [0.25, 0.3) is 0 Å². The van der Waals surface area contributed by atoms with Crippen molar-refractivity contribution in [3.8, 4) is 5.75 Å². The van der Waals surface area contributed by atoms with Crippen molar-refractivity contribution < 1.29 is 29.0 Å². The second-order valence-electron chi connectivity index (χ2n) is 9.75. The van der Waals surface area contributed by atoms with Crippen molar-refractivity contribution in [2.75, 3.05) is 13.7 Å². The van der Waals surface area contributed by atoms with Gasteiger partial charge in [-0.1, -0.05) is 52.7 Å². The molecule has 1 rings (SSSR count). The molecule has 0 bridgehead atoms. The maximum Gasteiger partial charge on any atom is 0.305 e. The van der Waals surface area contributed by atoms with E-state index >= 15 is 0 Å². The van der Waals surface area contributed by atoms with Gasteiger partial charge in [-0.25, -0.2) is 0 Å². The summed E-state index contributed by atoms with van der Waals surface area (Å²) in [7, 11) is 1.35. The van der Waals surface area contributed by atoms with E-state index in [2.05, 4.69) is 20.7 Å². The zero-order chi connectivity index (χ0) is 28.0. The number of aromatic hydroxyl groups is 1. The normalized spacial score (nSPS) is 14.2. The van der Waals surface area contributed by atoms with Crippen molar-refractivity contribution >= 4 is 23.7 Å². The smallest absolute Gasteiger partial charge is 0.305 e. The van der Waals surface area contributed by atoms with Gasteiger partial charge in [-0.2, -0.15) is 0 Å². The number of unbranched alkanes of at least 4 members (excludes halogenated alkanes) is 2. The summed E-state index contributed by atoms with van der Waals surface area (Å²) in [6, 6.07) is 3.82. The number of rotatable bonds is 16. The number of benzene rings is 1. The Bertz CT molecular complexity index is 874. The van der Waals surface area contributed by atoms with Crippen LogP contribution in [0.15, 0.2) is 24.3 Å². The van der Waals surface area contributed by atoms with Crippen molar-refractivity contribution in [2.24, 2.45) is 17.6 Å². The number of phenols is 1.